The van der Waals surface area contributed by atoms with Crippen LogP contribution in [0.25, 0.3) is 22.1 Å². The van der Waals surface area contributed by atoms with Crippen LogP contribution in [0.4, 0.5) is 22.7 Å². The molecule has 0 spiro atoms. The average Bonchev–Trinajstić information content (AvgIpc) is 1.60. The molecule has 0 amide bonds. The third-order valence-electron chi connectivity index (χ3n) is 24.2. The summed E-state index contributed by atoms with van der Waals surface area (Å²) in [6.45, 7) is 0.830. The van der Waals surface area contributed by atoms with Crippen LogP contribution in [-0.2, 0) is 96.8 Å². The summed E-state index contributed by atoms with van der Waals surface area (Å²) in [4.78, 5) is 53.1. The van der Waals surface area contributed by atoms with E-state index in [-0.39, 0.29) is 64.6 Å². The molecular weight excluding hydrogens is 1900 g/mol. The van der Waals surface area contributed by atoms with Gasteiger partial charge in [-0.1, -0.05) is 74.9 Å². The highest BCUT2D eigenvalue weighted by Gasteiger charge is 2.62. The summed E-state index contributed by atoms with van der Waals surface area (Å²) in [5.74, 6) is -2.00. The number of aliphatic hydroxyl groups is 8. The molecule has 46 nitrogen and oxygen atoms in total. The van der Waals surface area contributed by atoms with Crippen LogP contribution in [0.2, 0.25) is 0 Å². The molecule has 6 aliphatic rings. The number of phosphoric acid groups is 2. The number of aliphatic hydroxyl groups excluding tert-OH is 8. The van der Waals surface area contributed by atoms with E-state index in [1.165, 1.54) is 79.2 Å². The van der Waals surface area contributed by atoms with Crippen molar-refractivity contribution < 1.29 is 143 Å². The van der Waals surface area contributed by atoms with Crippen molar-refractivity contribution in [3.8, 4) is 41.5 Å². The van der Waals surface area contributed by atoms with Gasteiger partial charge in [-0.05, 0) is 161 Å². The Kier molecular flexibility index (Phi) is 31.9. The number of benzene rings is 3. The third-order valence-corrected chi connectivity index (χ3v) is 29.7. The molecule has 21 atom stereocenters. The molecule has 4 saturated heterocycles. The normalized spacial score (nSPS) is 27.5. The summed E-state index contributed by atoms with van der Waals surface area (Å²) in [7, 11) is -17.5. The number of nitrogens with zero attached hydrogens (tertiary/aromatic N) is 12. The SMILES string of the molecule is C[C@H](CP(=O)(OC[C@H]1O[C@@](C#N)(c2ccc3c(N)ccnn23)[C@H](O)[C@@H]1O)Oc1ccccc1)C(=O)OC1CCCC1.C[C@H](CP(=O)(OC[C@H]1O[C@@](C#N)(c2ccc3c(N)ccnn23)[C@H](O)[C@@H]1O)Oc1ccccc1)C(=O)OC1CCCCC1.N#C[C@@]1(c2ccc3c(N)ccnn23)O[C@H](COP(=O)(O)O)[C@@H](O)[C@H]1O.N#C[C@@]1(c2ccc3c(N)ccnn23)O[C@H](COP(=O)(O)Oc2ccccc2)[C@@H](O)[C@H]1O. The summed E-state index contributed by atoms with van der Waals surface area (Å²) in [5, 5.41) is 142. The number of nitrogens with two attached hydrogens (primary N) is 4. The Labute approximate surface area is 792 Å². The molecule has 17 rings (SSSR count). The fraction of sp³-hybridized carbons (Fsp3) is 0.416. The summed E-state index contributed by atoms with van der Waals surface area (Å²) < 4.78 is 128. The molecule has 50 heteroatoms. The first-order valence-corrected chi connectivity index (χ1v) is 50.3. The fourth-order valence-electron chi connectivity index (χ4n) is 17.0. The smallest absolute Gasteiger partial charge is 0.462 e. The van der Waals surface area contributed by atoms with Crippen LogP contribution >= 0.6 is 30.8 Å². The molecule has 139 heavy (non-hydrogen) atoms. The molecule has 2 aliphatic carbocycles. The standard InChI is InChI=1S/C29H35N4O8P.C28H33N4O8P.C19H19N4O7P.C13H15N4O7P/c1-19(28(36)39-20-8-4-2-5-9-20)17-42(37,41-21-10-6-3-7-11-21)38-16-24-26(34)27(35)29(18-30,40-24)25-13-12-23-22(31)14-15-32-33(23)25;1-18(27(35)38-19-7-5-6-8-19)16-41(36,40-20-9-3-2-4-10-20)37-15-23-25(33)26(34)28(17-29,39-23)24-12-11-22-21(30)13-14-31-32(22)24;20-11-19(16-7-6-14-13(21)8-9-22-23(14)16)18(25)17(24)15(29-19)10-28-31(26,27)30-12-4-2-1-3-5-12;14-6-13(10-2-1-8-7(15)3-4-16-17(8)10)12(19)11(18)9(24-13)5-23-25(20,21)22/h3,6-7,10-15,19-20,24,26-27,34-35H,2,4-5,8-9,16-17,31H2,1H3;2-4,9-14,18-19,23,25-26,33-34H,5-8,15-16,30H2,1H3;1-9,15,17-18,24-25H,10,21H2,(H,26,27);1-4,9,11-12,18-19H,5,15H2,(H2,20,21,22)/t19-,24-,26-,27-,29+,42?;18-,23-,25-,26-,28+,41?;15-,17-,18-,19+;9-,11-,12-,13+/m1111/s1. The second-order valence-corrected chi connectivity index (χ2v) is 40.4. The summed E-state index contributed by atoms with van der Waals surface area (Å²) in [5.41, 5.74) is 19.7. The lowest BCUT2D eigenvalue weighted by Gasteiger charge is -2.26. The van der Waals surface area contributed by atoms with Gasteiger partial charge >= 0.3 is 42.8 Å². The number of para-hydroxylation sites is 3. The Balaban J connectivity index is 0.000000150. The zero-order valence-electron chi connectivity index (χ0n) is 74.4. The monoisotopic (exact) mass is 2000 g/mol. The molecule has 738 valence electrons. The number of fused-ring (bicyclic) bond motifs is 4. The number of nitrogen functional groups attached to an aromatic ring is 4. The fourth-order valence-corrected chi connectivity index (χ4v) is 21.8. The van der Waals surface area contributed by atoms with E-state index in [9.17, 15) is 94.6 Å². The highest BCUT2D eigenvalue weighted by atomic mass is 31.2. The van der Waals surface area contributed by atoms with Crippen LogP contribution < -0.4 is 36.5 Å². The van der Waals surface area contributed by atoms with E-state index in [1.54, 1.807) is 141 Å². The van der Waals surface area contributed by atoms with Crippen LogP contribution in [0.1, 0.15) is 94.4 Å². The Morgan fingerprint density at radius 1 is 0.388 bits per heavy atom. The van der Waals surface area contributed by atoms with Crippen molar-refractivity contribution in [1.82, 2.24) is 38.5 Å². The highest BCUT2D eigenvalue weighted by Crippen LogP contribution is 2.55. The Hall–Kier alpha value is -11.9. The molecule has 3 unspecified atom stereocenters. The van der Waals surface area contributed by atoms with Crippen LogP contribution in [0.15, 0.2) is 189 Å². The molecule has 2 saturated carbocycles. The van der Waals surface area contributed by atoms with E-state index in [2.05, 4.69) is 24.9 Å². The molecule has 11 aromatic rings. The van der Waals surface area contributed by atoms with Gasteiger partial charge in [0.2, 0.25) is 22.4 Å². The number of ether oxygens (including phenoxy) is 6. The predicted octanol–water partition coefficient (Wildman–Crippen LogP) is 6.54. The molecule has 19 N–H and O–H groups in total. The first kappa shape index (κ1) is 103. The predicted molar refractivity (Wildman–Crippen MR) is 487 cm³/mol. The number of hydrogen-bond acceptors (Lipinski definition) is 39. The molecule has 6 fully saturated rings. The van der Waals surface area contributed by atoms with Gasteiger partial charge in [0.25, 0.3) is 0 Å². The van der Waals surface area contributed by atoms with Crippen LogP contribution in [-0.4, -0.2) is 230 Å². The van der Waals surface area contributed by atoms with Gasteiger partial charge in [0.15, 0.2) is 0 Å². The summed E-state index contributed by atoms with van der Waals surface area (Å²) in [6, 6.07) is 50.9. The van der Waals surface area contributed by atoms with Crippen LogP contribution in [0, 0.1) is 57.2 Å². The van der Waals surface area contributed by atoms with Crippen molar-refractivity contribution in [2.75, 3.05) is 61.7 Å². The molecule has 0 bridgehead atoms. The Morgan fingerprint density at radius 3 is 0.921 bits per heavy atom. The first-order valence-electron chi connectivity index (χ1n) is 43.8. The van der Waals surface area contributed by atoms with E-state index >= 15 is 0 Å². The maximum absolute atomic E-state index is 14.1. The first-order chi connectivity index (χ1) is 66.3. The lowest BCUT2D eigenvalue weighted by molar-refractivity contribution is -0.154. The van der Waals surface area contributed by atoms with Crippen molar-refractivity contribution in [3.05, 3.63) is 211 Å². The van der Waals surface area contributed by atoms with Gasteiger partial charge in [0, 0.05) is 24.8 Å². The minimum atomic E-state index is -4.81. The largest absolute Gasteiger partial charge is 0.527 e. The summed E-state index contributed by atoms with van der Waals surface area (Å²) in [6.07, 6.45) is -5.33. The zero-order chi connectivity index (χ0) is 99.7. The Morgan fingerprint density at radius 2 is 0.647 bits per heavy atom. The molecule has 3 aromatic carbocycles. The lowest BCUT2D eigenvalue weighted by atomic mass is 9.92. The number of hydrogen-bond donors (Lipinski definition) is 15. The van der Waals surface area contributed by atoms with Gasteiger partial charge in [-0.25, -0.2) is 36.3 Å². The minimum absolute atomic E-state index is 0.107. The highest BCUT2D eigenvalue weighted by molar-refractivity contribution is 7.54. The second-order valence-electron chi connectivity index (χ2n) is 33.7. The molecular formula is C89H102N16O30P4. The van der Waals surface area contributed by atoms with Crippen LogP contribution in [0.5, 0.6) is 17.2 Å². The maximum Gasteiger partial charge on any atom is 0.527 e. The van der Waals surface area contributed by atoms with Gasteiger partial charge < -0.3 is 116 Å². The lowest BCUT2D eigenvalue weighted by Crippen LogP contribution is -2.41. The maximum atomic E-state index is 14.1. The number of rotatable bonds is 30. The van der Waals surface area contributed by atoms with Gasteiger partial charge in [0.05, 0.1) is 118 Å². The van der Waals surface area contributed by atoms with Gasteiger partial charge in [-0.2, -0.15) is 41.4 Å². The zero-order valence-corrected chi connectivity index (χ0v) is 78.0. The molecule has 4 aliphatic heterocycles. The third kappa shape index (κ3) is 22.1. The van der Waals surface area contributed by atoms with Crippen LogP contribution in [0.3, 0.4) is 0 Å². The average molecular weight is 2000 g/mol. The number of carbonyl (C=O) groups excluding carboxylic acids is 2. The van der Waals surface area contributed by atoms with E-state index in [1.807, 2.05) is 24.3 Å². The van der Waals surface area contributed by atoms with Crippen molar-refractivity contribution in [3.63, 3.8) is 0 Å². The Bertz CT molecular complexity index is 6570. The van der Waals surface area contributed by atoms with E-state index in [0.717, 1.165) is 57.8 Å². The van der Waals surface area contributed by atoms with E-state index in [4.69, 9.17) is 88.3 Å². The summed E-state index contributed by atoms with van der Waals surface area (Å²) >= 11 is 0. The molecule has 12 heterocycles. The van der Waals surface area contributed by atoms with Gasteiger partial charge in [-0.15, -0.1) is 0 Å². The van der Waals surface area contributed by atoms with Crippen molar-refractivity contribution in [2.45, 2.75) is 179 Å². The van der Waals surface area contributed by atoms with Crippen molar-refractivity contribution in [1.29, 1.82) is 21.0 Å². The van der Waals surface area contributed by atoms with Crippen molar-refractivity contribution >= 4 is 87.6 Å². The van der Waals surface area contributed by atoms with Gasteiger partial charge in [0.1, 0.15) is 127 Å². The number of carbonyl (C=O) groups is 2. The number of phosphoric ester groups is 2. The number of aromatic nitrogens is 8. The van der Waals surface area contributed by atoms with Crippen molar-refractivity contribution in [2.24, 2.45) is 11.8 Å². The molecule has 0 radical (unpaired) electrons. The minimum Gasteiger partial charge on any atom is -0.462 e. The number of esters is 2. The van der Waals surface area contributed by atoms with Gasteiger partial charge in [-0.3, -0.25) is 32.6 Å². The molecule has 8 aromatic heterocycles. The van der Waals surface area contributed by atoms with E-state index in [0.29, 0.717) is 44.8 Å². The second kappa shape index (κ2) is 43.0. The van der Waals surface area contributed by atoms with E-state index < -0.39 is 177 Å². The quantitative estimate of drug-likeness (QED) is 0.0168. The topological polar surface area (TPSA) is 713 Å². The number of anilines is 4. The number of nitriles is 4.